The van der Waals surface area contributed by atoms with Crippen molar-refractivity contribution in [3.05, 3.63) is 82.2 Å². The average Bonchev–Trinajstić information content (AvgIpc) is 3.18. The number of carbonyl (C=O) groups excluding carboxylic acids is 3. The molecule has 0 N–H and O–H groups in total. The van der Waals surface area contributed by atoms with Crippen LogP contribution in [0.2, 0.25) is 0 Å². The van der Waals surface area contributed by atoms with Gasteiger partial charge < -0.3 is 4.90 Å². The van der Waals surface area contributed by atoms with Crippen LogP contribution in [0.5, 0.6) is 0 Å². The first-order chi connectivity index (χ1) is 14.5. The number of carbonyl (C=O) groups is 3. The topological polar surface area (TPSA) is 85.2 Å². The lowest BCUT2D eigenvalue weighted by Crippen LogP contribution is -2.31. The molecule has 1 heterocycles. The van der Waals surface area contributed by atoms with Crippen LogP contribution < -0.4 is 0 Å². The summed E-state index contributed by atoms with van der Waals surface area (Å²) >= 11 is 0. The zero-order chi connectivity index (χ0) is 21.3. The van der Waals surface area contributed by atoms with Crippen LogP contribution in [0, 0.1) is 0 Å². The van der Waals surface area contributed by atoms with E-state index in [0.29, 0.717) is 37.2 Å². The highest BCUT2D eigenvalue weighted by Crippen LogP contribution is 2.26. The number of amides is 1. The molecule has 0 aliphatic heterocycles. The van der Waals surface area contributed by atoms with E-state index in [-0.39, 0.29) is 28.9 Å². The summed E-state index contributed by atoms with van der Waals surface area (Å²) in [6.07, 6.45) is 0.352. The Balaban J connectivity index is 1.54. The van der Waals surface area contributed by atoms with Crippen molar-refractivity contribution in [3.63, 3.8) is 0 Å². The van der Waals surface area contributed by atoms with Gasteiger partial charge in [0, 0.05) is 24.2 Å². The minimum atomic E-state index is -0.281. The monoisotopic (exact) mass is 402 g/mol. The molecule has 1 aliphatic rings. The van der Waals surface area contributed by atoms with Crippen LogP contribution in [-0.4, -0.2) is 50.5 Å². The van der Waals surface area contributed by atoms with Gasteiger partial charge in [-0.3, -0.25) is 14.4 Å². The van der Waals surface area contributed by atoms with Crippen LogP contribution >= 0.6 is 0 Å². The molecule has 0 bridgehead atoms. The summed E-state index contributed by atoms with van der Waals surface area (Å²) in [6.45, 7) is 5.64. The van der Waals surface area contributed by atoms with E-state index in [1.807, 2.05) is 38.1 Å². The second-order valence-electron chi connectivity index (χ2n) is 7.21. The van der Waals surface area contributed by atoms with Gasteiger partial charge in [-0.1, -0.05) is 53.7 Å². The highest BCUT2D eigenvalue weighted by molar-refractivity contribution is 6.26. The average molecular weight is 402 g/mol. The van der Waals surface area contributed by atoms with E-state index in [4.69, 9.17) is 0 Å². The molecule has 1 amide bonds. The number of ketones is 2. The van der Waals surface area contributed by atoms with E-state index in [0.717, 1.165) is 11.1 Å². The molecule has 0 unspecified atom stereocenters. The summed E-state index contributed by atoms with van der Waals surface area (Å²) in [5.74, 6) is -0.427. The van der Waals surface area contributed by atoms with Gasteiger partial charge in [0.15, 0.2) is 5.69 Å². The Morgan fingerprint density at radius 3 is 2.13 bits per heavy atom. The van der Waals surface area contributed by atoms with Crippen molar-refractivity contribution < 1.29 is 14.4 Å². The lowest BCUT2D eigenvalue weighted by Gasteiger charge is -2.18. The Kier molecular flexibility index (Phi) is 5.27. The van der Waals surface area contributed by atoms with Crippen LogP contribution in [0.1, 0.15) is 57.1 Å². The molecular formula is C23H22N4O3. The van der Waals surface area contributed by atoms with E-state index < -0.39 is 0 Å². The summed E-state index contributed by atoms with van der Waals surface area (Å²) in [5, 5.41) is 8.03. The Bertz CT molecular complexity index is 1130. The molecule has 4 rings (SSSR count). The first-order valence-electron chi connectivity index (χ1n) is 10.0. The molecule has 0 radical (unpaired) electrons. The maximum Gasteiger partial charge on any atom is 0.226 e. The summed E-state index contributed by atoms with van der Waals surface area (Å²) in [7, 11) is 0. The number of aromatic nitrogens is 3. The van der Waals surface area contributed by atoms with Crippen molar-refractivity contribution in [3.8, 4) is 0 Å². The van der Waals surface area contributed by atoms with Crippen LogP contribution in [0.3, 0.4) is 0 Å². The van der Waals surface area contributed by atoms with Gasteiger partial charge in [-0.15, -0.1) is 5.10 Å². The van der Waals surface area contributed by atoms with Crippen molar-refractivity contribution in [2.45, 2.75) is 26.8 Å². The van der Waals surface area contributed by atoms with Gasteiger partial charge in [-0.2, -0.15) is 0 Å². The minimum Gasteiger partial charge on any atom is -0.343 e. The van der Waals surface area contributed by atoms with Crippen molar-refractivity contribution in [2.75, 3.05) is 13.1 Å². The summed E-state index contributed by atoms with van der Waals surface area (Å²) in [6, 6.07) is 14.4. The number of fused-ring (bicyclic) bond motifs is 2. The third-order valence-electron chi connectivity index (χ3n) is 5.41. The molecule has 7 nitrogen and oxygen atoms in total. The normalized spacial score (nSPS) is 12.5. The lowest BCUT2D eigenvalue weighted by atomic mass is 9.90. The number of hydrogen-bond donors (Lipinski definition) is 0. The van der Waals surface area contributed by atoms with Gasteiger partial charge in [-0.25, -0.2) is 4.68 Å². The first-order valence-corrected chi connectivity index (χ1v) is 10.0. The SMILES string of the molecule is CCN(CC)C(=O)Cc1ccc(Cn2nnc3c2C(=O)c2ccccc2C3=O)cc1. The van der Waals surface area contributed by atoms with Crippen molar-refractivity contribution in [2.24, 2.45) is 0 Å². The predicted octanol–water partition coefficient (Wildman–Crippen LogP) is 2.51. The first kappa shape index (κ1) is 19.7. The number of rotatable bonds is 6. The third kappa shape index (κ3) is 3.43. The van der Waals surface area contributed by atoms with Gasteiger partial charge in [0.2, 0.25) is 17.5 Å². The van der Waals surface area contributed by atoms with Crippen molar-refractivity contribution in [1.82, 2.24) is 19.9 Å². The predicted molar refractivity (Wildman–Crippen MR) is 111 cm³/mol. The van der Waals surface area contributed by atoms with E-state index >= 15 is 0 Å². The molecule has 1 aliphatic carbocycles. The number of nitrogens with zero attached hydrogens (tertiary/aromatic N) is 4. The van der Waals surface area contributed by atoms with Gasteiger partial charge >= 0.3 is 0 Å². The Hall–Kier alpha value is -3.61. The molecule has 0 saturated carbocycles. The third-order valence-corrected chi connectivity index (χ3v) is 5.41. The Labute approximate surface area is 174 Å². The molecule has 0 saturated heterocycles. The summed E-state index contributed by atoms with van der Waals surface area (Å²) in [5.41, 5.74) is 2.89. The van der Waals surface area contributed by atoms with Crippen molar-refractivity contribution in [1.29, 1.82) is 0 Å². The zero-order valence-corrected chi connectivity index (χ0v) is 17.0. The molecule has 30 heavy (non-hydrogen) atoms. The molecular weight excluding hydrogens is 380 g/mol. The van der Waals surface area contributed by atoms with Crippen LogP contribution in [-0.2, 0) is 17.8 Å². The molecule has 152 valence electrons. The van der Waals surface area contributed by atoms with E-state index in [1.54, 1.807) is 29.2 Å². The van der Waals surface area contributed by atoms with Gasteiger partial charge in [0.05, 0.1) is 13.0 Å². The fourth-order valence-corrected chi connectivity index (χ4v) is 3.73. The molecule has 2 aromatic carbocycles. The maximum absolute atomic E-state index is 12.9. The Morgan fingerprint density at radius 1 is 0.900 bits per heavy atom. The fraction of sp³-hybridized carbons (Fsp3) is 0.261. The maximum atomic E-state index is 12.9. The molecule has 0 fully saturated rings. The minimum absolute atomic E-state index is 0.0974. The summed E-state index contributed by atoms with van der Waals surface area (Å²) < 4.78 is 1.47. The Morgan fingerprint density at radius 2 is 1.50 bits per heavy atom. The van der Waals surface area contributed by atoms with Gasteiger partial charge in [0.1, 0.15) is 5.69 Å². The second kappa shape index (κ2) is 8.02. The van der Waals surface area contributed by atoms with Crippen LogP contribution in [0.25, 0.3) is 0 Å². The standard InChI is InChI=1S/C23H22N4O3/c1-3-26(4-2)19(28)13-15-9-11-16(12-10-15)14-27-21-20(24-25-27)22(29)17-7-5-6-8-18(17)23(21)30/h5-12H,3-4,13-14H2,1-2H3. The molecule has 3 aromatic rings. The number of benzene rings is 2. The van der Waals surface area contributed by atoms with Gasteiger partial charge in [-0.05, 0) is 25.0 Å². The highest BCUT2D eigenvalue weighted by Gasteiger charge is 2.34. The zero-order valence-electron chi connectivity index (χ0n) is 17.0. The fourth-order valence-electron chi connectivity index (χ4n) is 3.73. The highest BCUT2D eigenvalue weighted by atomic mass is 16.2. The number of likely N-dealkylation sites (N-methyl/N-ethyl adjacent to an activating group) is 1. The van der Waals surface area contributed by atoms with E-state index in [9.17, 15) is 14.4 Å². The quantitative estimate of drug-likeness (QED) is 0.495. The molecule has 7 heteroatoms. The van der Waals surface area contributed by atoms with E-state index in [1.165, 1.54) is 4.68 Å². The smallest absolute Gasteiger partial charge is 0.226 e. The van der Waals surface area contributed by atoms with Gasteiger partial charge in [0.25, 0.3) is 0 Å². The second-order valence-corrected chi connectivity index (χ2v) is 7.21. The largest absolute Gasteiger partial charge is 0.343 e. The lowest BCUT2D eigenvalue weighted by molar-refractivity contribution is -0.130. The van der Waals surface area contributed by atoms with E-state index in [2.05, 4.69) is 10.3 Å². The van der Waals surface area contributed by atoms with Crippen LogP contribution in [0.4, 0.5) is 0 Å². The van der Waals surface area contributed by atoms with Crippen LogP contribution in [0.15, 0.2) is 48.5 Å². The molecule has 0 atom stereocenters. The number of hydrogen-bond acceptors (Lipinski definition) is 5. The summed E-state index contributed by atoms with van der Waals surface area (Å²) in [4.78, 5) is 39.7. The van der Waals surface area contributed by atoms with Crippen molar-refractivity contribution >= 4 is 17.5 Å². The molecule has 0 spiro atoms. The molecule has 1 aromatic heterocycles.